The maximum atomic E-state index is 8.47. The zero-order valence-electron chi connectivity index (χ0n) is 6.04. The predicted molar refractivity (Wildman–Crippen MR) is 45.0 cm³/mol. The minimum absolute atomic E-state index is 0.666. The average molecular weight is 144 g/mol. The lowest BCUT2D eigenvalue weighted by Crippen LogP contribution is -1.84. The second-order valence-electron chi connectivity index (χ2n) is 2.04. The van der Waals surface area contributed by atoms with Crippen molar-refractivity contribution in [3.05, 3.63) is 42.6 Å². The van der Waals surface area contributed by atoms with Gasteiger partial charge in [0.2, 0.25) is 0 Å². The van der Waals surface area contributed by atoms with Crippen LogP contribution in [0.2, 0.25) is 0 Å². The summed E-state index contributed by atoms with van der Waals surface area (Å²) in [6.45, 7) is 3.52. The smallest absolute Gasteiger partial charge is 0.0991 e. The van der Waals surface area contributed by atoms with Crippen molar-refractivity contribution in [3.8, 4) is 6.07 Å². The van der Waals surface area contributed by atoms with Crippen LogP contribution in [-0.4, -0.2) is 0 Å². The highest BCUT2D eigenvalue weighted by molar-refractivity contribution is 5.48. The summed E-state index contributed by atoms with van der Waals surface area (Å²) >= 11 is 0. The summed E-state index contributed by atoms with van der Waals surface area (Å²) in [5.41, 5.74) is 1.61. The number of hydrogen-bond donors (Lipinski definition) is 1. The van der Waals surface area contributed by atoms with E-state index in [4.69, 9.17) is 5.26 Å². The zero-order chi connectivity index (χ0) is 8.10. The van der Waals surface area contributed by atoms with Gasteiger partial charge in [0.15, 0.2) is 0 Å². The molecule has 0 fully saturated rings. The van der Waals surface area contributed by atoms with E-state index >= 15 is 0 Å². The fourth-order valence-electron chi connectivity index (χ4n) is 0.759. The van der Waals surface area contributed by atoms with Crippen LogP contribution in [0.5, 0.6) is 0 Å². The Labute approximate surface area is 65.8 Å². The quantitative estimate of drug-likeness (QED) is 0.690. The summed E-state index contributed by atoms with van der Waals surface area (Å²) in [7, 11) is 0. The van der Waals surface area contributed by atoms with Crippen LogP contribution < -0.4 is 5.32 Å². The van der Waals surface area contributed by atoms with Crippen molar-refractivity contribution < 1.29 is 0 Å². The molecule has 0 unspecified atom stereocenters. The molecule has 0 radical (unpaired) electrons. The average Bonchev–Trinajstić information content (AvgIpc) is 2.07. The molecular formula is C9H8N2. The van der Waals surface area contributed by atoms with Gasteiger partial charge in [-0.3, -0.25) is 0 Å². The maximum absolute atomic E-state index is 8.47. The van der Waals surface area contributed by atoms with E-state index in [-0.39, 0.29) is 0 Å². The molecule has 1 N–H and O–H groups in total. The Morgan fingerprint density at radius 2 is 2.00 bits per heavy atom. The van der Waals surface area contributed by atoms with Crippen LogP contribution in [0.4, 0.5) is 5.69 Å². The number of hydrogen-bond acceptors (Lipinski definition) is 2. The lowest BCUT2D eigenvalue weighted by Gasteiger charge is -1.97. The normalized spacial score (nSPS) is 8.27. The van der Waals surface area contributed by atoms with Gasteiger partial charge in [-0.05, 0) is 30.5 Å². The first-order chi connectivity index (χ1) is 5.36. The van der Waals surface area contributed by atoms with Gasteiger partial charge in [-0.25, -0.2) is 0 Å². The summed E-state index contributed by atoms with van der Waals surface area (Å²) in [6.07, 6.45) is 1.60. The van der Waals surface area contributed by atoms with Crippen LogP contribution in [0.1, 0.15) is 5.56 Å². The third kappa shape index (κ3) is 1.84. The second-order valence-corrected chi connectivity index (χ2v) is 2.04. The Morgan fingerprint density at radius 3 is 2.45 bits per heavy atom. The SMILES string of the molecule is C=CNc1ccc(C#N)cc1. The van der Waals surface area contributed by atoms with Crippen LogP contribution in [0.15, 0.2) is 37.0 Å². The van der Waals surface area contributed by atoms with Crippen LogP contribution in [0.3, 0.4) is 0 Å². The van der Waals surface area contributed by atoms with E-state index in [0.717, 1.165) is 5.69 Å². The molecule has 1 aromatic rings. The molecule has 0 saturated carbocycles. The fourth-order valence-corrected chi connectivity index (χ4v) is 0.759. The van der Waals surface area contributed by atoms with E-state index in [1.54, 1.807) is 18.3 Å². The summed E-state index contributed by atoms with van der Waals surface area (Å²) in [4.78, 5) is 0. The standard InChI is InChI=1S/C9H8N2/c1-2-11-9-5-3-8(7-10)4-6-9/h2-6,11H,1H2. The first-order valence-electron chi connectivity index (χ1n) is 3.24. The van der Waals surface area contributed by atoms with E-state index in [0.29, 0.717) is 5.56 Å². The van der Waals surface area contributed by atoms with Gasteiger partial charge in [-0.2, -0.15) is 5.26 Å². The van der Waals surface area contributed by atoms with Gasteiger partial charge in [0.1, 0.15) is 0 Å². The van der Waals surface area contributed by atoms with Crippen LogP contribution in [0, 0.1) is 11.3 Å². The lowest BCUT2D eigenvalue weighted by molar-refractivity contribution is 1.48. The molecule has 0 aliphatic heterocycles. The van der Waals surface area contributed by atoms with Gasteiger partial charge in [-0.15, -0.1) is 0 Å². The monoisotopic (exact) mass is 144 g/mol. The second kappa shape index (κ2) is 3.43. The van der Waals surface area contributed by atoms with Crippen molar-refractivity contribution in [2.45, 2.75) is 0 Å². The number of nitriles is 1. The minimum Gasteiger partial charge on any atom is -0.362 e. The zero-order valence-corrected chi connectivity index (χ0v) is 6.04. The van der Waals surface area contributed by atoms with Gasteiger partial charge >= 0.3 is 0 Å². The molecule has 0 spiro atoms. The van der Waals surface area contributed by atoms with Gasteiger partial charge in [0, 0.05) is 5.69 Å². The summed E-state index contributed by atoms with van der Waals surface area (Å²) < 4.78 is 0. The van der Waals surface area contributed by atoms with Crippen molar-refractivity contribution in [3.63, 3.8) is 0 Å². The van der Waals surface area contributed by atoms with Gasteiger partial charge < -0.3 is 5.32 Å². The largest absolute Gasteiger partial charge is 0.362 e. The summed E-state index contributed by atoms with van der Waals surface area (Å²) in [5, 5.41) is 11.4. The van der Waals surface area contributed by atoms with E-state index < -0.39 is 0 Å². The topological polar surface area (TPSA) is 35.8 Å². The molecule has 0 saturated heterocycles. The maximum Gasteiger partial charge on any atom is 0.0991 e. The van der Waals surface area contributed by atoms with Gasteiger partial charge in [0.05, 0.1) is 11.6 Å². The molecule has 0 heterocycles. The van der Waals surface area contributed by atoms with Crippen molar-refractivity contribution >= 4 is 5.69 Å². The fraction of sp³-hybridized carbons (Fsp3) is 0. The summed E-state index contributed by atoms with van der Waals surface area (Å²) in [5.74, 6) is 0. The Bertz CT molecular complexity index is 279. The molecule has 0 aliphatic carbocycles. The van der Waals surface area contributed by atoms with Crippen LogP contribution in [-0.2, 0) is 0 Å². The van der Waals surface area contributed by atoms with E-state index in [1.165, 1.54) is 0 Å². The lowest BCUT2D eigenvalue weighted by atomic mass is 10.2. The minimum atomic E-state index is 0.666. The van der Waals surface area contributed by atoms with Crippen molar-refractivity contribution in [2.24, 2.45) is 0 Å². The first-order valence-corrected chi connectivity index (χ1v) is 3.24. The highest BCUT2D eigenvalue weighted by Gasteiger charge is 1.88. The number of benzene rings is 1. The Hall–Kier alpha value is -1.75. The predicted octanol–water partition coefficient (Wildman–Crippen LogP) is 2.11. The molecule has 1 rings (SSSR count). The third-order valence-electron chi connectivity index (χ3n) is 1.28. The highest BCUT2D eigenvalue weighted by atomic mass is 14.8. The van der Waals surface area contributed by atoms with Crippen molar-refractivity contribution in [2.75, 3.05) is 5.32 Å². The van der Waals surface area contributed by atoms with Crippen LogP contribution >= 0.6 is 0 Å². The van der Waals surface area contributed by atoms with Gasteiger partial charge in [-0.1, -0.05) is 6.58 Å². The van der Waals surface area contributed by atoms with Gasteiger partial charge in [0.25, 0.3) is 0 Å². The molecule has 54 valence electrons. The van der Waals surface area contributed by atoms with E-state index in [1.807, 2.05) is 18.2 Å². The molecule has 2 heteroatoms. The third-order valence-corrected chi connectivity index (χ3v) is 1.28. The van der Waals surface area contributed by atoms with E-state index in [9.17, 15) is 0 Å². The molecule has 0 atom stereocenters. The number of rotatable bonds is 2. The Balaban J connectivity index is 2.84. The molecule has 0 bridgehead atoms. The van der Waals surface area contributed by atoms with E-state index in [2.05, 4.69) is 11.9 Å². The highest BCUT2D eigenvalue weighted by Crippen LogP contribution is 2.07. The molecular weight excluding hydrogens is 136 g/mol. The molecule has 11 heavy (non-hydrogen) atoms. The molecule has 2 nitrogen and oxygen atoms in total. The first kappa shape index (κ1) is 7.36. The Kier molecular flexibility index (Phi) is 2.29. The number of nitrogens with zero attached hydrogens (tertiary/aromatic N) is 1. The molecule has 0 aromatic heterocycles. The number of anilines is 1. The van der Waals surface area contributed by atoms with Crippen molar-refractivity contribution in [1.82, 2.24) is 0 Å². The molecule has 1 aromatic carbocycles. The van der Waals surface area contributed by atoms with Crippen LogP contribution in [0.25, 0.3) is 0 Å². The summed E-state index contributed by atoms with van der Waals surface area (Å²) in [6, 6.07) is 9.22. The Morgan fingerprint density at radius 1 is 1.36 bits per heavy atom. The van der Waals surface area contributed by atoms with Crippen molar-refractivity contribution in [1.29, 1.82) is 5.26 Å². The molecule has 0 amide bonds. The number of nitrogens with one attached hydrogen (secondary N) is 1. The molecule has 0 aliphatic rings.